The smallest absolute Gasteiger partial charge is 0.331 e. The lowest BCUT2D eigenvalue weighted by atomic mass is 10.0. The molecule has 0 saturated carbocycles. The zero-order chi connectivity index (χ0) is 23.5. The maximum absolute atomic E-state index is 15.0. The summed E-state index contributed by atoms with van der Waals surface area (Å²) in [6.45, 7) is -0.313. The van der Waals surface area contributed by atoms with E-state index in [0.29, 0.717) is 33.3 Å². The van der Waals surface area contributed by atoms with Gasteiger partial charge in [-0.25, -0.2) is 9.18 Å². The van der Waals surface area contributed by atoms with Crippen LogP contribution in [0.2, 0.25) is 5.02 Å². The molecule has 33 heavy (non-hydrogen) atoms. The van der Waals surface area contributed by atoms with E-state index in [4.69, 9.17) is 16.3 Å². The summed E-state index contributed by atoms with van der Waals surface area (Å²) in [4.78, 5) is 28.1. The molecule has 0 atom stereocenters. The number of methoxy groups -OCH3 is 1. The molecule has 4 rings (SSSR count). The fourth-order valence-corrected chi connectivity index (χ4v) is 3.53. The molecule has 0 bridgehead atoms. The van der Waals surface area contributed by atoms with Crippen molar-refractivity contribution in [2.24, 2.45) is 7.05 Å². The fourth-order valence-electron chi connectivity index (χ4n) is 3.38. The first kappa shape index (κ1) is 22.5. The van der Waals surface area contributed by atoms with Gasteiger partial charge in [0.15, 0.2) is 5.82 Å². The van der Waals surface area contributed by atoms with Crippen LogP contribution in [0.5, 0.6) is 0 Å². The van der Waals surface area contributed by atoms with Gasteiger partial charge in [0.1, 0.15) is 6.61 Å². The summed E-state index contributed by atoms with van der Waals surface area (Å²) >= 11 is 6.02. The maximum Gasteiger partial charge on any atom is 0.331 e. The standard InChI is InChI=1S/C23H20ClFN4O4/c1-29-23(31)16(10-27-29)13-4-6-18-15(9-13)19(7-8-26-18)28-22-14(3-5-17(24)21(22)25)11-33-12-20(30)32-2/h3-10,27H,11-12H2,1-2H3,(H,26,28). The largest absolute Gasteiger partial charge is 0.467 e. The first-order valence-corrected chi connectivity index (χ1v) is 10.3. The van der Waals surface area contributed by atoms with Crippen LogP contribution in [-0.2, 0) is 27.9 Å². The normalized spacial score (nSPS) is 11.0. The van der Waals surface area contributed by atoms with Gasteiger partial charge >= 0.3 is 5.97 Å². The van der Waals surface area contributed by atoms with Crippen LogP contribution in [0.25, 0.3) is 22.0 Å². The topological polar surface area (TPSA) is 98.2 Å². The van der Waals surface area contributed by atoms with E-state index >= 15 is 0 Å². The number of rotatable bonds is 7. The van der Waals surface area contributed by atoms with Gasteiger partial charge in [-0.3, -0.25) is 14.5 Å². The van der Waals surface area contributed by atoms with Crippen molar-refractivity contribution in [3.05, 3.63) is 75.5 Å². The molecule has 170 valence electrons. The van der Waals surface area contributed by atoms with Crippen LogP contribution in [0.1, 0.15) is 5.56 Å². The van der Waals surface area contributed by atoms with E-state index in [1.165, 1.54) is 17.9 Å². The Labute approximate surface area is 192 Å². The average Bonchev–Trinajstić information content (AvgIpc) is 3.16. The van der Waals surface area contributed by atoms with Crippen LogP contribution in [0, 0.1) is 5.82 Å². The minimum absolute atomic E-state index is 0.0425. The molecular weight excluding hydrogens is 451 g/mol. The monoisotopic (exact) mass is 470 g/mol. The molecule has 0 amide bonds. The Balaban J connectivity index is 1.73. The number of halogens is 2. The van der Waals surface area contributed by atoms with Crippen molar-refractivity contribution in [3.8, 4) is 11.1 Å². The lowest BCUT2D eigenvalue weighted by Crippen LogP contribution is -2.13. The summed E-state index contributed by atoms with van der Waals surface area (Å²) in [5, 5.41) is 6.56. The predicted molar refractivity (Wildman–Crippen MR) is 123 cm³/mol. The molecule has 2 aromatic heterocycles. The van der Waals surface area contributed by atoms with Crippen LogP contribution < -0.4 is 10.9 Å². The maximum atomic E-state index is 15.0. The number of fused-ring (bicyclic) bond motifs is 1. The molecule has 2 aromatic carbocycles. The number of nitrogens with zero attached hydrogens (tertiary/aromatic N) is 2. The third kappa shape index (κ3) is 4.59. The summed E-state index contributed by atoms with van der Waals surface area (Å²) < 4.78 is 26.3. The minimum Gasteiger partial charge on any atom is -0.467 e. The Kier molecular flexibility index (Phi) is 6.43. The highest BCUT2D eigenvalue weighted by atomic mass is 35.5. The zero-order valence-corrected chi connectivity index (χ0v) is 18.6. The van der Waals surface area contributed by atoms with Crippen LogP contribution in [0.15, 0.2) is 53.6 Å². The molecule has 0 aliphatic heterocycles. The number of anilines is 2. The molecule has 10 heteroatoms. The van der Waals surface area contributed by atoms with Crippen LogP contribution in [0.3, 0.4) is 0 Å². The van der Waals surface area contributed by atoms with Gasteiger partial charge < -0.3 is 19.9 Å². The van der Waals surface area contributed by atoms with Gasteiger partial charge in [-0.15, -0.1) is 0 Å². The number of aryl methyl sites for hydroxylation is 1. The second kappa shape index (κ2) is 9.43. The fraction of sp³-hybridized carbons (Fsp3) is 0.174. The van der Waals surface area contributed by atoms with Gasteiger partial charge in [-0.05, 0) is 29.8 Å². The summed E-state index contributed by atoms with van der Waals surface area (Å²) in [6, 6.07) is 10.1. The van der Waals surface area contributed by atoms with Crippen molar-refractivity contribution in [3.63, 3.8) is 0 Å². The van der Waals surface area contributed by atoms with E-state index in [1.54, 1.807) is 43.7 Å². The summed E-state index contributed by atoms with van der Waals surface area (Å²) in [7, 11) is 2.89. The first-order valence-electron chi connectivity index (χ1n) is 9.91. The van der Waals surface area contributed by atoms with Crippen molar-refractivity contribution in [1.29, 1.82) is 0 Å². The Morgan fingerprint density at radius 2 is 2.09 bits per heavy atom. The van der Waals surface area contributed by atoms with E-state index in [1.807, 2.05) is 6.07 Å². The third-order valence-corrected chi connectivity index (χ3v) is 5.43. The van der Waals surface area contributed by atoms with Crippen molar-refractivity contribution in [1.82, 2.24) is 14.8 Å². The number of aromatic amines is 1. The molecule has 4 aromatic rings. The van der Waals surface area contributed by atoms with Crippen LogP contribution in [0.4, 0.5) is 15.8 Å². The molecule has 2 N–H and O–H groups in total. The van der Waals surface area contributed by atoms with Crippen molar-refractivity contribution in [2.75, 3.05) is 19.0 Å². The molecule has 0 aliphatic carbocycles. The number of pyridine rings is 1. The van der Waals surface area contributed by atoms with Gasteiger partial charge in [0.2, 0.25) is 0 Å². The number of aromatic nitrogens is 3. The number of carbonyl (C=O) groups is 1. The molecule has 8 nitrogen and oxygen atoms in total. The van der Waals surface area contributed by atoms with Gasteiger partial charge in [-0.1, -0.05) is 23.7 Å². The van der Waals surface area contributed by atoms with Gasteiger partial charge in [0.05, 0.1) is 35.5 Å². The number of ether oxygens (including phenoxy) is 2. The van der Waals surface area contributed by atoms with E-state index in [0.717, 1.165) is 0 Å². The number of esters is 1. The highest BCUT2D eigenvalue weighted by Gasteiger charge is 2.16. The van der Waals surface area contributed by atoms with E-state index < -0.39 is 11.8 Å². The van der Waals surface area contributed by atoms with Crippen LogP contribution >= 0.6 is 11.6 Å². The molecule has 0 spiro atoms. The summed E-state index contributed by atoms with van der Waals surface area (Å²) in [5.41, 5.74) is 2.81. The number of hydrogen-bond acceptors (Lipinski definition) is 6. The van der Waals surface area contributed by atoms with E-state index in [2.05, 4.69) is 20.1 Å². The Morgan fingerprint density at radius 1 is 1.27 bits per heavy atom. The van der Waals surface area contributed by atoms with Crippen molar-refractivity contribution < 1.29 is 18.7 Å². The van der Waals surface area contributed by atoms with Crippen LogP contribution in [-0.4, -0.2) is 34.5 Å². The zero-order valence-electron chi connectivity index (χ0n) is 17.8. The Hall–Kier alpha value is -3.69. The second-order valence-corrected chi connectivity index (χ2v) is 7.64. The SMILES string of the molecule is COC(=O)COCc1ccc(Cl)c(F)c1Nc1ccnc2ccc(-c3c[nH]n(C)c3=O)cc12. The molecule has 0 aliphatic rings. The predicted octanol–water partition coefficient (Wildman–Crippen LogP) is 4.15. The average molecular weight is 471 g/mol. The molecular formula is C23H20ClFN4O4. The molecule has 2 heterocycles. The molecule has 0 radical (unpaired) electrons. The second-order valence-electron chi connectivity index (χ2n) is 7.23. The quantitative estimate of drug-likeness (QED) is 0.394. The number of H-pyrrole nitrogens is 1. The lowest BCUT2D eigenvalue weighted by Gasteiger charge is -2.16. The van der Waals surface area contributed by atoms with Crippen molar-refractivity contribution in [2.45, 2.75) is 6.61 Å². The van der Waals surface area contributed by atoms with Gasteiger partial charge in [0, 0.05) is 36.1 Å². The van der Waals surface area contributed by atoms with Gasteiger partial charge in [0.25, 0.3) is 5.56 Å². The van der Waals surface area contributed by atoms with Gasteiger partial charge in [-0.2, -0.15) is 0 Å². The summed E-state index contributed by atoms with van der Waals surface area (Å²) in [5.74, 6) is -1.20. The minimum atomic E-state index is -0.656. The number of benzene rings is 2. The number of hydrogen-bond donors (Lipinski definition) is 2. The summed E-state index contributed by atoms with van der Waals surface area (Å²) in [6.07, 6.45) is 3.22. The van der Waals surface area contributed by atoms with E-state index in [-0.39, 0.29) is 29.5 Å². The van der Waals surface area contributed by atoms with Crippen molar-refractivity contribution >= 4 is 39.8 Å². The Morgan fingerprint density at radius 3 is 2.82 bits per heavy atom. The molecule has 0 saturated heterocycles. The third-order valence-electron chi connectivity index (χ3n) is 5.14. The first-order chi connectivity index (χ1) is 15.9. The Bertz CT molecular complexity index is 1400. The number of nitrogens with one attached hydrogen (secondary N) is 2. The highest BCUT2D eigenvalue weighted by Crippen LogP contribution is 2.33. The molecule has 0 unspecified atom stereocenters. The highest BCUT2D eigenvalue weighted by molar-refractivity contribution is 6.31. The van der Waals surface area contributed by atoms with E-state index in [9.17, 15) is 14.0 Å². The molecule has 0 fully saturated rings. The lowest BCUT2D eigenvalue weighted by molar-refractivity contribution is -0.146. The number of carbonyl (C=O) groups excluding carboxylic acids is 1.